The molecular formula is C16H15N5O3. The van der Waals surface area contributed by atoms with E-state index in [1.807, 2.05) is 31.2 Å². The summed E-state index contributed by atoms with van der Waals surface area (Å²) in [7, 11) is 0. The highest BCUT2D eigenvalue weighted by molar-refractivity contribution is 5.88. The molecule has 2 aromatic heterocycles. The van der Waals surface area contributed by atoms with Crippen molar-refractivity contribution in [2.24, 2.45) is 0 Å². The van der Waals surface area contributed by atoms with Crippen molar-refractivity contribution >= 4 is 28.8 Å². The van der Waals surface area contributed by atoms with Crippen molar-refractivity contribution in [1.29, 1.82) is 0 Å². The predicted molar refractivity (Wildman–Crippen MR) is 88.4 cm³/mol. The van der Waals surface area contributed by atoms with Crippen molar-refractivity contribution < 1.29 is 9.53 Å². The van der Waals surface area contributed by atoms with Gasteiger partial charge in [-0.15, -0.1) is 0 Å². The van der Waals surface area contributed by atoms with Crippen LogP contribution in [0.4, 0.5) is 11.9 Å². The lowest BCUT2D eigenvalue weighted by molar-refractivity contribution is 0.0524. The summed E-state index contributed by atoms with van der Waals surface area (Å²) in [4.78, 5) is 38.7. The Morgan fingerprint density at radius 3 is 2.83 bits per heavy atom. The van der Waals surface area contributed by atoms with Crippen LogP contribution in [0, 0.1) is 6.92 Å². The van der Waals surface area contributed by atoms with E-state index in [2.05, 4.69) is 25.3 Å². The number of anilines is 2. The Kier molecular flexibility index (Phi) is 4.19. The normalized spacial score (nSPS) is 10.6. The summed E-state index contributed by atoms with van der Waals surface area (Å²) in [5.74, 6) is -0.267. The minimum Gasteiger partial charge on any atom is -0.462 e. The minimum absolute atomic E-state index is 0.141. The van der Waals surface area contributed by atoms with Gasteiger partial charge in [0.15, 0.2) is 0 Å². The second-order valence-corrected chi connectivity index (χ2v) is 4.97. The van der Waals surface area contributed by atoms with E-state index in [-0.39, 0.29) is 18.1 Å². The number of aromatic nitrogens is 4. The molecule has 8 heteroatoms. The molecule has 0 unspecified atom stereocenters. The fourth-order valence-corrected chi connectivity index (χ4v) is 2.21. The van der Waals surface area contributed by atoms with Crippen LogP contribution in [0.1, 0.15) is 23.0 Å². The van der Waals surface area contributed by atoms with Gasteiger partial charge in [0.05, 0.1) is 24.0 Å². The van der Waals surface area contributed by atoms with Gasteiger partial charge < -0.3 is 4.74 Å². The molecule has 3 aromatic rings. The van der Waals surface area contributed by atoms with Crippen LogP contribution in [0.25, 0.3) is 10.9 Å². The van der Waals surface area contributed by atoms with Crippen LogP contribution >= 0.6 is 0 Å². The second kappa shape index (κ2) is 6.45. The van der Waals surface area contributed by atoms with Crippen LogP contribution in [-0.4, -0.2) is 32.5 Å². The number of esters is 1. The Morgan fingerprint density at radius 2 is 2.08 bits per heavy atom. The summed E-state index contributed by atoms with van der Waals surface area (Å²) < 4.78 is 4.79. The molecule has 1 aromatic carbocycles. The third-order valence-corrected chi connectivity index (χ3v) is 3.32. The van der Waals surface area contributed by atoms with Gasteiger partial charge in [0.2, 0.25) is 11.9 Å². The van der Waals surface area contributed by atoms with Gasteiger partial charge in [0, 0.05) is 5.39 Å². The highest BCUT2D eigenvalue weighted by Gasteiger charge is 2.13. The molecule has 2 heterocycles. The highest BCUT2D eigenvalue weighted by atomic mass is 16.5. The van der Waals surface area contributed by atoms with Crippen LogP contribution in [0.2, 0.25) is 0 Å². The molecule has 0 spiro atoms. The van der Waals surface area contributed by atoms with E-state index in [1.54, 1.807) is 6.92 Å². The Morgan fingerprint density at radius 1 is 1.29 bits per heavy atom. The van der Waals surface area contributed by atoms with E-state index in [4.69, 9.17) is 4.74 Å². The first kappa shape index (κ1) is 15.6. The summed E-state index contributed by atoms with van der Waals surface area (Å²) in [5.41, 5.74) is 0.827. The zero-order valence-electron chi connectivity index (χ0n) is 13.2. The number of aromatic amines is 1. The number of hydrogen-bond acceptors (Lipinski definition) is 7. The van der Waals surface area contributed by atoms with E-state index in [0.29, 0.717) is 5.95 Å². The number of ether oxygens (including phenoxy) is 1. The zero-order chi connectivity index (χ0) is 17.1. The van der Waals surface area contributed by atoms with Crippen molar-refractivity contribution in [1.82, 2.24) is 19.9 Å². The second-order valence-electron chi connectivity index (χ2n) is 4.97. The van der Waals surface area contributed by atoms with Gasteiger partial charge in [-0.3, -0.25) is 15.1 Å². The Hall–Kier alpha value is -3.29. The number of hydrogen-bond donors (Lipinski definition) is 2. The Balaban J connectivity index is 1.90. The maximum atomic E-state index is 11.9. The van der Waals surface area contributed by atoms with Gasteiger partial charge in [-0.25, -0.2) is 19.7 Å². The van der Waals surface area contributed by atoms with Gasteiger partial charge >= 0.3 is 5.97 Å². The molecule has 0 radical (unpaired) electrons. The fraction of sp³-hybridized carbons (Fsp3) is 0.188. The number of para-hydroxylation sites is 1. The van der Waals surface area contributed by atoms with Crippen LogP contribution in [0.15, 0.2) is 35.3 Å². The molecular weight excluding hydrogens is 310 g/mol. The molecule has 0 aliphatic heterocycles. The number of carbonyl (C=O) groups excluding carboxylic acids is 1. The van der Waals surface area contributed by atoms with Crippen molar-refractivity contribution in [2.75, 3.05) is 11.9 Å². The molecule has 3 rings (SSSR count). The molecule has 2 N–H and O–H groups in total. The number of nitrogens with zero attached hydrogens (tertiary/aromatic N) is 3. The van der Waals surface area contributed by atoms with E-state index in [0.717, 1.165) is 22.8 Å². The van der Waals surface area contributed by atoms with Crippen molar-refractivity contribution in [2.45, 2.75) is 13.8 Å². The monoisotopic (exact) mass is 325 g/mol. The molecule has 0 fully saturated rings. The van der Waals surface area contributed by atoms with E-state index in [1.165, 1.54) is 0 Å². The summed E-state index contributed by atoms with van der Waals surface area (Å²) in [5, 5.41) is 3.78. The third kappa shape index (κ3) is 3.07. The van der Waals surface area contributed by atoms with Gasteiger partial charge in [-0.05, 0) is 19.9 Å². The number of benzene rings is 1. The maximum absolute atomic E-state index is 11.9. The molecule has 0 atom stereocenters. The standard InChI is InChI=1S/C16H15N5O3/c1-3-24-14(23)11-8-17-15(20-13(11)22)21-16-18-9(2)10-6-4-5-7-12(10)19-16/h4-8H,3H2,1-2H3,(H2,17,18,19,20,21,22). The topological polar surface area (TPSA) is 110 Å². The average Bonchev–Trinajstić information content (AvgIpc) is 2.55. The molecule has 122 valence electrons. The quantitative estimate of drug-likeness (QED) is 0.705. The summed E-state index contributed by atoms with van der Waals surface area (Å²) in [6.45, 7) is 3.71. The molecule has 0 saturated carbocycles. The lowest BCUT2D eigenvalue weighted by Crippen LogP contribution is -2.21. The van der Waals surface area contributed by atoms with Crippen LogP contribution in [0.5, 0.6) is 0 Å². The lowest BCUT2D eigenvalue weighted by Gasteiger charge is -2.07. The fourth-order valence-electron chi connectivity index (χ4n) is 2.21. The van der Waals surface area contributed by atoms with Crippen molar-refractivity contribution in [3.8, 4) is 0 Å². The predicted octanol–water partition coefficient (Wildman–Crippen LogP) is 1.94. The summed E-state index contributed by atoms with van der Waals surface area (Å²) in [6, 6.07) is 7.60. The van der Waals surface area contributed by atoms with Crippen molar-refractivity contribution in [3.63, 3.8) is 0 Å². The first-order valence-corrected chi connectivity index (χ1v) is 7.35. The van der Waals surface area contributed by atoms with Gasteiger partial charge in [0.1, 0.15) is 5.56 Å². The summed E-state index contributed by atoms with van der Waals surface area (Å²) in [6.07, 6.45) is 1.16. The molecule has 8 nitrogen and oxygen atoms in total. The number of rotatable bonds is 4. The largest absolute Gasteiger partial charge is 0.462 e. The van der Waals surface area contributed by atoms with E-state index >= 15 is 0 Å². The van der Waals surface area contributed by atoms with Crippen LogP contribution in [-0.2, 0) is 4.74 Å². The first-order chi connectivity index (χ1) is 11.6. The van der Waals surface area contributed by atoms with Gasteiger partial charge in [0.25, 0.3) is 5.56 Å². The smallest absolute Gasteiger partial charge is 0.345 e. The zero-order valence-corrected chi connectivity index (χ0v) is 13.2. The van der Waals surface area contributed by atoms with E-state index in [9.17, 15) is 9.59 Å². The Labute approximate surface area is 136 Å². The number of H-pyrrole nitrogens is 1. The molecule has 0 aliphatic rings. The Bertz CT molecular complexity index is 967. The minimum atomic E-state index is -0.712. The van der Waals surface area contributed by atoms with Crippen LogP contribution in [0.3, 0.4) is 0 Å². The highest BCUT2D eigenvalue weighted by Crippen LogP contribution is 2.17. The summed E-state index contributed by atoms with van der Waals surface area (Å²) >= 11 is 0. The van der Waals surface area contributed by atoms with Gasteiger partial charge in [-0.2, -0.15) is 0 Å². The molecule has 0 aliphatic carbocycles. The SMILES string of the molecule is CCOC(=O)c1cnc(Nc2nc(C)c3ccccc3n2)[nH]c1=O. The van der Waals surface area contributed by atoms with Crippen molar-refractivity contribution in [3.05, 3.63) is 52.1 Å². The first-order valence-electron chi connectivity index (χ1n) is 7.35. The lowest BCUT2D eigenvalue weighted by atomic mass is 10.2. The number of carbonyl (C=O) groups is 1. The maximum Gasteiger partial charge on any atom is 0.345 e. The van der Waals surface area contributed by atoms with Crippen LogP contribution < -0.4 is 10.9 Å². The number of aryl methyl sites for hydroxylation is 1. The third-order valence-electron chi connectivity index (χ3n) is 3.32. The number of fused-ring (bicyclic) bond motifs is 1. The number of nitrogens with one attached hydrogen (secondary N) is 2. The van der Waals surface area contributed by atoms with Gasteiger partial charge in [-0.1, -0.05) is 18.2 Å². The van der Waals surface area contributed by atoms with E-state index < -0.39 is 11.5 Å². The molecule has 0 amide bonds. The molecule has 0 saturated heterocycles. The average molecular weight is 325 g/mol. The molecule has 24 heavy (non-hydrogen) atoms. The molecule has 0 bridgehead atoms.